The third kappa shape index (κ3) is 5.31. The summed E-state index contributed by atoms with van der Waals surface area (Å²) in [5, 5.41) is 3.45. The largest absolute Gasteiger partial charge is 0.478 e. The normalized spacial score (nSPS) is 15.2. The van der Waals surface area contributed by atoms with Crippen LogP contribution < -0.4 is 10.1 Å². The third-order valence-electron chi connectivity index (χ3n) is 4.23. The number of nitrogens with one attached hydrogen (secondary N) is 1. The molecule has 1 fully saturated rings. The SMILES string of the molecule is CCCNCc1cc(OCCC2CCC2)nc(C(C)C)c1. The molecule has 0 bridgehead atoms. The molecule has 0 spiro atoms. The molecule has 0 radical (unpaired) electrons. The molecule has 0 unspecified atom stereocenters. The van der Waals surface area contributed by atoms with Crippen LogP contribution in [0.5, 0.6) is 5.88 Å². The average Bonchev–Trinajstić information content (AvgIpc) is 2.41. The lowest BCUT2D eigenvalue weighted by atomic mass is 9.83. The second-order valence-electron chi connectivity index (χ2n) is 6.50. The van der Waals surface area contributed by atoms with Crippen molar-refractivity contribution in [2.75, 3.05) is 13.2 Å². The first-order chi connectivity index (χ1) is 10.2. The van der Waals surface area contributed by atoms with E-state index >= 15 is 0 Å². The number of hydrogen-bond donors (Lipinski definition) is 1. The van der Waals surface area contributed by atoms with Crippen LogP contribution in [-0.2, 0) is 6.54 Å². The topological polar surface area (TPSA) is 34.1 Å². The van der Waals surface area contributed by atoms with Crippen molar-refractivity contribution in [2.24, 2.45) is 5.92 Å². The van der Waals surface area contributed by atoms with E-state index in [0.717, 1.165) is 43.6 Å². The molecule has 0 amide bonds. The number of hydrogen-bond acceptors (Lipinski definition) is 3. The number of ether oxygens (including phenoxy) is 1. The molecule has 1 saturated carbocycles. The van der Waals surface area contributed by atoms with E-state index in [4.69, 9.17) is 4.74 Å². The maximum atomic E-state index is 5.91. The average molecular weight is 290 g/mol. The van der Waals surface area contributed by atoms with Gasteiger partial charge in [0.15, 0.2) is 0 Å². The molecule has 1 N–H and O–H groups in total. The van der Waals surface area contributed by atoms with Crippen molar-refractivity contribution in [3.63, 3.8) is 0 Å². The van der Waals surface area contributed by atoms with Gasteiger partial charge in [-0.1, -0.05) is 40.0 Å². The van der Waals surface area contributed by atoms with Crippen LogP contribution in [0.2, 0.25) is 0 Å². The van der Waals surface area contributed by atoms with Crippen LogP contribution in [0.3, 0.4) is 0 Å². The summed E-state index contributed by atoms with van der Waals surface area (Å²) in [6, 6.07) is 4.29. The number of nitrogens with zero attached hydrogens (tertiary/aromatic N) is 1. The van der Waals surface area contributed by atoms with Crippen LogP contribution in [0.1, 0.15) is 70.1 Å². The predicted octanol–water partition coefficient (Wildman–Crippen LogP) is 4.27. The first-order valence-corrected chi connectivity index (χ1v) is 8.53. The van der Waals surface area contributed by atoms with Crippen LogP contribution in [0.15, 0.2) is 12.1 Å². The lowest BCUT2D eigenvalue weighted by molar-refractivity contribution is 0.217. The monoisotopic (exact) mass is 290 g/mol. The Hall–Kier alpha value is -1.09. The van der Waals surface area contributed by atoms with E-state index in [-0.39, 0.29) is 0 Å². The lowest BCUT2D eigenvalue weighted by Gasteiger charge is -2.25. The summed E-state index contributed by atoms with van der Waals surface area (Å²) in [5.74, 6) is 2.13. The van der Waals surface area contributed by atoms with Gasteiger partial charge in [0.05, 0.1) is 6.61 Å². The van der Waals surface area contributed by atoms with Gasteiger partial charge in [-0.3, -0.25) is 0 Å². The van der Waals surface area contributed by atoms with Crippen molar-refractivity contribution in [2.45, 2.75) is 65.3 Å². The molecule has 1 aromatic heterocycles. The van der Waals surface area contributed by atoms with Gasteiger partial charge in [0.1, 0.15) is 0 Å². The van der Waals surface area contributed by atoms with Crippen molar-refractivity contribution in [1.82, 2.24) is 10.3 Å². The van der Waals surface area contributed by atoms with Gasteiger partial charge in [0, 0.05) is 18.3 Å². The Balaban J connectivity index is 1.93. The maximum absolute atomic E-state index is 5.91. The first kappa shape index (κ1) is 16.3. The van der Waals surface area contributed by atoms with Gasteiger partial charge >= 0.3 is 0 Å². The van der Waals surface area contributed by atoms with Crippen LogP contribution >= 0.6 is 0 Å². The molecular formula is C18H30N2O. The van der Waals surface area contributed by atoms with Crippen molar-refractivity contribution in [3.8, 4) is 5.88 Å². The van der Waals surface area contributed by atoms with Crippen molar-refractivity contribution in [1.29, 1.82) is 0 Å². The molecule has 118 valence electrons. The Morgan fingerprint density at radius 1 is 1.33 bits per heavy atom. The van der Waals surface area contributed by atoms with Gasteiger partial charge in [-0.15, -0.1) is 0 Å². The fourth-order valence-corrected chi connectivity index (χ4v) is 2.57. The Morgan fingerprint density at radius 2 is 2.14 bits per heavy atom. The zero-order valence-electron chi connectivity index (χ0n) is 13.8. The lowest BCUT2D eigenvalue weighted by Crippen LogP contribution is -2.16. The summed E-state index contributed by atoms with van der Waals surface area (Å²) in [5.41, 5.74) is 2.41. The highest BCUT2D eigenvalue weighted by Crippen LogP contribution is 2.29. The second kappa shape index (κ2) is 8.38. The summed E-state index contributed by atoms with van der Waals surface area (Å²) >= 11 is 0. The molecule has 0 saturated heterocycles. The molecule has 1 aromatic rings. The van der Waals surface area contributed by atoms with Gasteiger partial charge in [-0.05, 0) is 42.9 Å². The van der Waals surface area contributed by atoms with Crippen LogP contribution in [0, 0.1) is 5.92 Å². The van der Waals surface area contributed by atoms with E-state index in [0.29, 0.717) is 5.92 Å². The van der Waals surface area contributed by atoms with E-state index in [2.05, 4.69) is 43.2 Å². The van der Waals surface area contributed by atoms with E-state index in [1.165, 1.54) is 31.2 Å². The van der Waals surface area contributed by atoms with Crippen molar-refractivity contribution >= 4 is 0 Å². The molecule has 0 aromatic carbocycles. The maximum Gasteiger partial charge on any atom is 0.213 e. The minimum atomic E-state index is 0.435. The van der Waals surface area contributed by atoms with Gasteiger partial charge in [0.25, 0.3) is 0 Å². The summed E-state index contributed by atoms with van der Waals surface area (Å²) in [4.78, 5) is 4.65. The highest BCUT2D eigenvalue weighted by Gasteiger charge is 2.17. The molecule has 1 aliphatic carbocycles. The minimum absolute atomic E-state index is 0.435. The van der Waals surface area contributed by atoms with Crippen molar-refractivity contribution in [3.05, 3.63) is 23.4 Å². The number of rotatable bonds is 9. The molecule has 3 heteroatoms. The summed E-state index contributed by atoms with van der Waals surface area (Å²) < 4.78 is 5.91. The second-order valence-corrected chi connectivity index (χ2v) is 6.50. The summed E-state index contributed by atoms with van der Waals surface area (Å²) in [7, 11) is 0. The van der Waals surface area contributed by atoms with Gasteiger partial charge in [-0.25, -0.2) is 4.98 Å². The first-order valence-electron chi connectivity index (χ1n) is 8.53. The van der Waals surface area contributed by atoms with Crippen LogP contribution in [-0.4, -0.2) is 18.1 Å². The van der Waals surface area contributed by atoms with Gasteiger partial charge in [0.2, 0.25) is 5.88 Å². The quantitative estimate of drug-likeness (QED) is 0.689. The van der Waals surface area contributed by atoms with Crippen LogP contribution in [0.4, 0.5) is 0 Å². The number of pyridine rings is 1. The molecule has 0 atom stereocenters. The highest BCUT2D eigenvalue weighted by molar-refractivity contribution is 5.26. The van der Waals surface area contributed by atoms with E-state index in [9.17, 15) is 0 Å². The molecule has 21 heavy (non-hydrogen) atoms. The van der Waals surface area contributed by atoms with Gasteiger partial charge < -0.3 is 10.1 Å². The molecule has 2 rings (SSSR count). The predicted molar refractivity (Wildman–Crippen MR) is 87.8 cm³/mol. The zero-order valence-corrected chi connectivity index (χ0v) is 13.8. The fraction of sp³-hybridized carbons (Fsp3) is 0.722. The van der Waals surface area contributed by atoms with E-state index < -0.39 is 0 Å². The molecule has 1 aliphatic rings. The Labute approximate surface area is 129 Å². The Morgan fingerprint density at radius 3 is 2.76 bits per heavy atom. The molecule has 1 heterocycles. The zero-order chi connectivity index (χ0) is 15.1. The fourth-order valence-electron chi connectivity index (χ4n) is 2.57. The standard InChI is InChI=1S/C18H30N2O/c1-4-9-19-13-16-11-17(14(2)3)20-18(12-16)21-10-8-15-6-5-7-15/h11-12,14-15,19H,4-10,13H2,1-3H3. The molecule has 0 aliphatic heterocycles. The minimum Gasteiger partial charge on any atom is -0.478 e. The molecular weight excluding hydrogens is 260 g/mol. The Kier molecular flexibility index (Phi) is 6.50. The Bertz CT molecular complexity index is 427. The van der Waals surface area contributed by atoms with E-state index in [1.54, 1.807) is 0 Å². The van der Waals surface area contributed by atoms with Crippen molar-refractivity contribution < 1.29 is 4.74 Å². The van der Waals surface area contributed by atoms with Gasteiger partial charge in [-0.2, -0.15) is 0 Å². The smallest absolute Gasteiger partial charge is 0.213 e. The number of aromatic nitrogens is 1. The summed E-state index contributed by atoms with van der Waals surface area (Å²) in [6.07, 6.45) is 6.51. The molecule has 3 nitrogen and oxygen atoms in total. The van der Waals surface area contributed by atoms with E-state index in [1.807, 2.05) is 0 Å². The highest BCUT2D eigenvalue weighted by atomic mass is 16.5. The summed E-state index contributed by atoms with van der Waals surface area (Å²) in [6.45, 7) is 9.31. The van der Waals surface area contributed by atoms with Crippen LogP contribution in [0.25, 0.3) is 0 Å². The third-order valence-corrected chi connectivity index (χ3v) is 4.23.